The number of benzene rings is 3. The van der Waals surface area contributed by atoms with E-state index in [1.165, 1.54) is 49.6 Å². The molecule has 1 amide bonds. The maximum atomic E-state index is 13.0. The minimum atomic E-state index is -0.580. The van der Waals surface area contributed by atoms with E-state index in [1.54, 1.807) is 30.3 Å². The summed E-state index contributed by atoms with van der Waals surface area (Å²) in [6, 6.07) is 18.8. The summed E-state index contributed by atoms with van der Waals surface area (Å²) in [6.45, 7) is 0.226. The van der Waals surface area contributed by atoms with Crippen molar-refractivity contribution in [1.82, 2.24) is 0 Å². The van der Waals surface area contributed by atoms with Crippen molar-refractivity contribution in [2.75, 3.05) is 12.4 Å². The zero-order valence-electron chi connectivity index (χ0n) is 16.6. The van der Waals surface area contributed by atoms with Crippen molar-refractivity contribution in [3.8, 4) is 23.3 Å². The highest BCUT2D eigenvalue weighted by Crippen LogP contribution is 2.30. The van der Waals surface area contributed by atoms with Gasteiger partial charge in [-0.1, -0.05) is 18.2 Å². The van der Waals surface area contributed by atoms with E-state index in [0.717, 1.165) is 5.56 Å². The van der Waals surface area contributed by atoms with Crippen molar-refractivity contribution in [1.29, 1.82) is 5.26 Å². The summed E-state index contributed by atoms with van der Waals surface area (Å²) in [5.41, 5.74) is 1.72. The number of nitrogens with zero attached hydrogens (tertiary/aromatic N) is 1. The van der Waals surface area contributed by atoms with E-state index in [1.807, 2.05) is 6.07 Å². The number of nitrogens with one attached hydrogen (secondary N) is 1. The number of hydrogen-bond donors (Lipinski definition) is 2. The summed E-state index contributed by atoms with van der Waals surface area (Å²) in [4.78, 5) is 12.4. The minimum absolute atomic E-state index is 0.0721. The van der Waals surface area contributed by atoms with Gasteiger partial charge in [-0.3, -0.25) is 4.79 Å². The van der Waals surface area contributed by atoms with Crippen LogP contribution in [0.4, 0.5) is 10.1 Å². The molecule has 156 valence electrons. The van der Waals surface area contributed by atoms with Crippen LogP contribution in [0, 0.1) is 17.1 Å². The van der Waals surface area contributed by atoms with Gasteiger partial charge < -0.3 is 19.9 Å². The Morgan fingerprint density at radius 2 is 1.81 bits per heavy atom. The van der Waals surface area contributed by atoms with E-state index >= 15 is 0 Å². The number of aromatic hydroxyl groups is 1. The van der Waals surface area contributed by atoms with Gasteiger partial charge >= 0.3 is 0 Å². The van der Waals surface area contributed by atoms with Gasteiger partial charge in [0, 0.05) is 5.69 Å². The fraction of sp³-hybridized carbons (Fsp3) is 0.0833. The van der Waals surface area contributed by atoms with E-state index in [4.69, 9.17) is 9.47 Å². The van der Waals surface area contributed by atoms with Gasteiger partial charge in [0.05, 0.1) is 7.11 Å². The predicted molar refractivity (Wildman–Crippen MR) is 114 cm³/mol. The van der Waals surface area contributed by atoms with E-state index in [0.29, 0.717) is 22.7 Å². The molecule has 0 aliphatic rings. The average Bonchev–Trinajstić information content (AvgIpc) is 2.78. The zero-order valence-corrected chi connectivity index (χ0v) is 16.6. The third-order valence-electron chi connectivity index (χ3n) is 4.30. The summed E-state index contributed by atoms with van der Waals surface area (Å²) < 4.78 is 24.1. The number of ether oxygens (including phenoxy) is 2. The number of phenols is 1. The van der Waals surface area contributed by atoms with E-state index in [-0.39, 0.29) is 23.7 Å². The van der Waals surface area contributed by atoms with Crippen LogP contribution in [0.2, 0.25) is 0 Å². The molecule has 0 atom stereocenters. The highest BCUT2D eigenvalue weighted by Gasteiger charge is 2.11. The molecular weight excluding hydrogens is 399 g/mol. The van der Waals surface area contributed by atoms with Crippen molar-refractivity contribution in [2.24, 2.45) is 0 Å². The number of anilines is 1. The first-order valence-corrected chi connectivity index (χ1v) is 9.26. The Kier molecular flexibility index (Phi) is 6.86. The summed E-state index contributed by atoms with van der Waals surface area (Å²) >= 11 is 0. The fourth-order valence-corrected chi connectivity index (χ4v) is 2.69. The summed E-state index contributed by atoms with van der Waals surface area (Å²) in [7, 11) is 1.48. The van der Waals surface area contributed by atoms with Crippen molar-refractivity contribution in [3.05, 3.63) is 89.2 Å². The van der Waals surface area contributed by atoms with Crippen LogP contribution in [-0.2, 0) is 11.4 Å². The van der Waals surface area contributed by atoms with Gasteiger partial charge in [-0.15, -0.1) is 0 Å². The van der Waals surface area contributed by atoms with Crippen LogP contribution >= 0.6 is 0 Å². The molecule has 7 heteroatoms. The molecule has 0 aliphatic carbocycles. The Morgan fingerprint density at radius 1 is 1.10 bits per heavy atom. The smallest absolute Gasteiger partial charge is 0.266 e. The minimum Gasteiger partial charge on any atom is -0.508 e. The second-order valence-corrected chi connectivity index (χ2v) is 6.50. The highest BCUT2D eigenvalue weighted by molar-refractivity contribution is 6.09. The van der Waals surface area contributed by atoms with Crippen LogP contribution < -0.4 is 14.8 Å². The molecule has 0 radical (unpaired) electrons. The summed E-state index contributed by atoms with van der Waals surface area (Å²) in [5.74, 6) is 0.0648. The van der Waals surface area contributed by atoms with Crippen LogP contribution in [0.1, 0.15) is 11.1 Å². The molecule has 0 aromatic heterocycles. The quantitative estimate of drug-likeness (QED) is 0.331. The van der Waals surface area contributed by atoms with Gasteiger partial charge in [-0.2, -0.15) is 5.26 Å². The third kappa shape index (κ3) is 5.84. The van der Waals surface area contributed by atoms with Crippen LogP contribution in [0.25, 0.3) is 6.08 Å². The molecule has 6 nitrogen and oxygen atoms in total. The van der Waals surface area contributed by atoms with Crippen LogP contribution in [0.5, 0.6) is 17.2 Å². The van der Waals surface area contributed by atoms with Crippen molar-refractivity contribution in [2.45, 2.75) is 6.61 Å². The first kappa shape index (κ1) is 21.4. The first-order chi connectivity index (χ1) is 15.0. The number of rotatable bonds is 7. The third-order valence-corrected chi connectivity index (χ3v) is 4.30. The maximum Gasteiger partial charge on any atom is 0.266 e. The molecule has 2 N–H and O–H groups in total. The summed E-state index contributed by atoms with van der Waals surface area (Å²) in [6.07, 6.45) is 1.43. The lowest BCUT2D eigenvalue weighted by Crippen LogP contribution is -2.13. The van der Waals surface area contributed by atoms with Crippen molar-refractivity contribution in [3.63, 3.8) is 0 Å². The van der Waals surface area contributed by atoms with Crippen LogP contribution in [-0.4, -0.2) is 18.1 Å². The van der Waals surface area contributed by atoms with Gasteiger partial charge in [0.2, 0.25) is 0 Å². The van der Waals surface area contributed by atoms with E-state index in [9.17, 15) is 19.6 Å². The van der Waals surface area contributed by atoms with Gasteiger partial charge in [0.1, 0.15) is 29.8 Å². The second kappa shape index (κ2) is 9.94. The van der Waals surface area contributed by atoms with Gasteiger partial charge in [0.15, 0.2) is 11.5 Å². The standard InChI is InChI=1S/C24H19FN2O4/c1-30-23-13-17(4-11-22(23)31-15-16-2-5-19(25)6-3-16)12-18(14-26)24(29)27-20-7-9-21(28)10-8-20/h2-13,28H,15H2,1H3,(H,27,29)/b18-12+. The van der Waals surface area contributed by atoms with Gasteiger partial charge in [-0.25, -0.2) is 4.39 Å². The molecule has 3 rings (SSSR count). The Morgan fingerprint density at radius 3 is 2.45 bits per heavy atom. The monoisotopic (exact) mass is 418 g/mol. The number of carbonyl (C=O) groups excluding carboxylic acids is 1. The predicted octanol–water partition coefficient (Wildman–Crippen LogP) is 4.66. The normalized spacial score (nSPS) is 10.8. The molecule has 0 spiro atoms. The number of nitriles is 1. The molecule has 0 unspecified atom stereocenters. The lowest BCUT2D eigenvalue weighted by molar-refractivity contribution is -0.112. The lowest BCUT2D eigenvalue weighted by Gasteiger charge is -2.12. The van der Waals surface area contributed by atoms with Gasteiger partial charge in [0.25, 0.3) is 5.91 Å². The van der Waals surface area contributed by atoms with Crippen LogP contribution in [0.15, 0.2) is 72.3 Å². The second-order valence-electron chi connectivity index (χ2n) is 6.50. The molecule has 0 aliphatic heterocycles. The molecule has 0 bridgehead atoms. The van der Waals surface area contributed by atoms with E-state index in [2.05, 4.69) is 5.32 Å². The molecule has 0 fully saturated rings. The number of amides is 1. The number of carbonyl (C=O) groups is 1. The SMILES string of the molecule is COc1cc(/C=C(\C#N)C(=O)Nc2ccc(O)cc2)ccc1OCc1ccc(F)cc1. The molecule has 0 saturated heterocycles. The molecule has 3 aromatic carbocycles. The van der Waals surface area contributed by atoms with E-state index < -0.39 is 5.91 Å². The number of methoxy groups -OCH3 is 1. The molecule has 0 heterocycles. The molecule has 31 heavy (non-hydrogen) atoms. The Hall–Kier alpha value is -4.31. The maximum absolute atomic E-state index is 13.0. The molecule has 0 saturated carbocycles. The van der Waals surface area contributed by atoms with Gasteiger partial charge in [-0.05, 0) is 65.7 Å². The molecule has 3 aromatic rings. The molecular formula is C24H19FN2O4. The lowest BCUT2D eigenvalue weighted by atomic mass is 10.1. The average molecular weight is 418 g/mol. The number of phenolic OH excluding ortho intramolecular Hbond substituents is 1. The fourth-order valence-electron chi connectivity index (χ4n) is 2.69. The van der Waals surface area contributed by atoms with Crippen molar-refractivity contribution < 1.29 is 23.8 Å². The van der Waals surface area contributed by atoms with Crippen molar-refractivity contribution >= 4 is 17.7 Å². The number of hydrogen-bond acceptors (Lipinski definition) is 5. The Bertz CT molecular complexity index is 1130. The Labute approximate surface area is 178 Å². The largest absolute Gasteiger partial charge is 0.508 e. The Balaban J connectivity index is 1.74. The highest BCUT2D eigenvalue weighted by atomic mass is 19.1. The topological polar surface area (TPSA) is 91.6 Å². The zero-order chi connectivity index (χ0) is 22.2. The van der Waals surface area contributed by atoms with Crippen LogP contribution in [0.3, 0.4) is 0 Å². The first-order valence-electron chi connectivity index (χ1n) is 9.26. The summed E-state index contributed by atoms with van der Waals surface area (Å²) in [5, 5.41) is 21.3. The number of halogens is 1.